The Balaban J connectivity index is 0.00000361. The topological polar surface area (TPSA) is 52.3 Å². The summed E-state index contributed by atoms with van der Waals surface area (Å²) in [5.41, 5.74) is 4.34. The molecule has 3 nitrogen and oxygen atoms in total. The number of hydrogen-bond acceptors (Lipinski definition) is 3. The zero-order valence-corrected chi connectivity index (χ0v) is 11.6. The molecule has 0 aliphatic rings. The Kier molecular flexibility index (Phi) is 6.43. The van der Waals surface area contributed by atoms with Crippen LogP contribution in [-0.2, 0) is 9.53 Å². The maximum Gasteiger partial charge on any atom is 0.379 e. The first kappa shape index (κ1) is 18.7. The largest absolute Gasteiger partial charge is 0.462 e. The summed E-state index contributed by atoms with van der Waals surface area (Å²) in [5, 5.41) is 0. The number of benzene rings is 1. The van der Waals surface area contributed by atoms with Crippen LogP contribution < -0.4 is 5.73 Å². The molecule has 0 saturated carbocycles. The minimum atomic E-state index is -4.14. The molecule has 0 bridgehead atoms. The quantitative estimate of drug-likeness (QED) is 0.686. The minimum Gasteiger partial charge on any atom is -0.462 e. The third-order valence-corrected chi connectivity index (χ3v) is 2.58. The van der Waals surface area contributed by atoms with E-state index in [2.05, 4.69) is 4.74 Å². The lowest BCUT2D eigenvalue weighted by Gasteiger charge is -2.22. The maximum absolute atomic E-state index is 13.6. The first-order valence-corrected chi connectivity index (χ1v) is 5.48. The standard InChI is InChI=1S/C12H13F4NO2.ClH/c1-3-19-11(18)12(15,16)10(17)7-5-4-6(2)8(13)9(7)14;/h4-5,10H,3,17H2,1-2H3;1H/t10-;/m1./s1. The van der Waals surface area contributed by atoms with E-state index in [0.717, 1.165) is 12.1 Å². The highest BCUT2D eigenvalue weighted by Gasteiger charge is 2.48. The molecule has 1 aromatic rings. The van der Waals surface area contributed by atoms with Crippen molar-refractivity contribution in [3.05, 3.63) is 34.9 Å². The molecule has 0 heterocycles. The minimum absolute atomic E-state index is 0. The number of rotatable bonds is 4. The number of esters is 1. The summed E-state index contributed by atoms with van der Waals surface area (Å²) in [6.45, 7) is 2.34. The molecule has 0 fully saturated rings. The molecule has 0 saturated heterocycles. The van der Waals surface area contributed by atoms with Gasteiger partial charge in [0.1, 0.15) is 6.04 Å². The van der Waals surface area contributed by atoms with Crippen molar-refractivity contribution in [2.24, 2.45) is 5.73 Å². The van der Waals surface area contributed by atoms with Crippen molar-refractivity contribution in [2.75, 3.05) is 6.61 Å². The van der Waals surface area contributed by atoms with Gasteiger partial charge in [0.2, 0.25) is 0 Å². The molecular formula is C12H14ClF4NO2. The second kappa shape index (κ2) is 6.90. The Morgan fingerprint density at radius 3 is 2.40 bits per heavy atom. The summed E-state index contributed by atoms with van der Waals surface area (Å²) in [6, 6.07) is -0.290. The molecule has 114 valence electrons. The van der Waals surface area contributed by atoms with E-state index < -0.39 is 35.1 Å². The second-order valence-corrected chi connectivity index (χ2v) is 3.92. The van der Waals surface area contributed by atoms with Crippen molar-refractivity contribution in [1.82, 2.24) is 0 Å². The highest BCUT2D eigenvalue weighted by molar-refractivity contribution is 5.85. The van der Waals surface area contributed by atoms with E-state index in [1.165, 1.54) is 13.8 Å². The Hall–Kier alpha value is -1.34. The molecule has 1 rings (SSSR count). The summed E-state index contributed by atoms with van der Waals surface area (Å²) >= 11 is 0. The number of alkyl halides is 2. The molecule has 8 heteroatoms. The zero-order chi connectivity index (χ0) is 14.8. The summed E-state index contributed by atoms with van der Waals surface area (Å²) in [5.74, 6) is -8.77. The molecule has 1 aromatic carbocycles. The van der Waals surface area contributed by atoms with Gasteiger partial charge in [0.05, 0.1) is 6.61 Å². The average molecular weight is 316 g/mol. The van der Waals surface area contributed by atoms with Crippen molar-refractivity contribution in [1.29, 1.82) is 0 Å². The predicted molar refractivity (Wildman–Crippen MR) is 66.9 cm³/mol. The molecule has 0 aliphatic heterocycles. The molecule has 20 heavy (non-hydrogen) atoms. The number of hydrogen-bond donors (Lipinski definition) is 1. The molecular weight excluding hydrogens is 302 g/mol. The van der Waals surface area contributed by atoms with E-state index in [-0.39, 0.29) is 24.6 Å². The van der Waals surface area contributed by atoms with Crippen molar-refractivity contribution >= 4 is 18.4 Å². The molecule has 1 atom stereocenters. The fourth-order valence-corrected chi connectivity index (χ4v) is 1.45. The predicted octanol–water partition coefficient (Wildman–Crippen LogP) is 2.89. The fraction of sp³-hybridized carbons (Fsp3) is 0.417. The van der Waals surface area contributed by atoms with Crippen LogP contribution in [0.4, 0.5) is 17.6 Å². The van der Waals surface area contributed by atoms with Gasteiger partial charge < -0.3 is 10.5 Å². The first-order valence-electron chi connectivity index (χ1n) is 5.48. The Bertz CT molecular complexity index is 497. The van der Waals surface area contributed by atoms with Gasteiger partial charge in [-0.05, 0) is 19.4 Å². The number of aryl methyl sites for hydroxylation is 1. The molecule has 0 aromatic heterocycles. The highest BCUT2D eigenvalue weighted by Crippen LogP contribution is 2.33. The van der Waals surface area contributed by atoms with E-state index in [9.17, 15) is 22.4 Å². The van der Waals surface area contributed by atoms with Crippen molar-refractivity contribution in [3.8, 4) is 0 Å². The van der Waals surface area contributed by atoms with Crippen LogP contribution in [0.1, 0.15) is 24.1 Å². The average Bonchev–Trinajstić information content (AvgIpc) is 2.35. The summed E-state index contributed by atoms with van der Waals surface area (Å²) in [6.07, 6.45) is 0. The summed E-state index contributed by atoms with van der Waals surface area (Å²) in [4.78, 5) is 11.1. The van der Waals surface area contributed by atoms with Crippen LogP contribution in [0.2, 0.25) is 0 Å². The van der Waals surface area contributed by atoms with Gasteiger partial charge in [0.25, 0.3) is 0 Å². The van der Waals surface area contributed by atoms with E-state index in [0.29, 0.717) is 0 Å². The molecule has 0 aliphatic carbocycles. The Labute approximate surface area is 119 Å². The lowest BCUT2D eigenvalue weighted by atomic mass is 9.99. The van der Waals surface area contributed by atoms with Gasteiger partial charge in [-0.1, -0.05) is 12.1 Å². The van der Waals surface area contributed by atoms with Crippen LogP contribution >= 0.6 is 12.4 Å². The lowest BCUT2D eigenvalue weighted by molar-refractivity contribution is -0.174. The number of halogens is 5. The molecule has 0 radical (unpaired) electrons. The number of nitrogens with two attached hydrogens (primary N) is 1. The van der Waals surface area contributed by atoms with Gasteiger partial charge in [-0.15, -0.1) is 12.4 Å². The van der Waals surface area contributed by atoms with Crippen LogP contribution in [0.5, 0.6) is 0 Å². The van der Waals surface area contributed by atoms with Crippen molar-refractivity contribution < 1.29 is 27.1 Å². The number of carbonyl (C=O) groups is 1. The van der Waals surface area contributed by atoms with Crippen LogP contribution in [0.15, 0.2) is 12.1 Å². The highest BCUT2D eigenvalue weighted by atomic mass is 35.5. The number of carbonyl (C=O) groups excluding carboxylic acids is 1. The Morgan fingerprint density at radius 2 is 1.90 bits per heavy atom. The van der Waals surface area contributed by atoms with E-state index >= 15 is 0 Å². The molecule has 0 spiro atoms. The Morgan fingerprint density at radius 1 is 1.35 bits per heavy atom. The van der Waals surface area contributed by atoms with Gasteiger partial charge in [-0.3, -0.25) is 0 Å². The van der Waals surface area contributed by atoms with Gasteiger partial charge in [0.15, 0.2) is 11.6 Å². The molecule has 0 unspecified atom stereocenters. The van der Waals surface area contributed by atoms with E-state index in [1.54, 1.807) is 0 Å². The monoisotopic (exact) mass is 315 g/mol. The summed E-state index contributed by atoms with van der Waals surface area (Å²) < 4.78 is 58.2. The smallest absolute Gasteiger partial charge is 0.379 e. The molecule has 2 N–H and O–H groups in total. The van der Waals surface area contributed by atoms with Gasteiger partial charge in [-0.2, -0.15) is 8.78 Å². The lowest BCUT2D eigenvalue weighted by Crippen LogP contribution is -2.42. The fourth-order valence-electron chi connectivity index (χ4n) is 1.45. The third kappa shape index (κ3) is 3.40. The van der Waals surface area contributed by atoms with E-state index in [4.69, 9.17) is 5.73 Å². The second-order valence-electron chi connectivity index (χ2n) is 3.92. The SMILES string of the molecule is CCOC(=O)C(F)(F)[C@H](N)c1ccc(C)c(F)c1F.Cl. The summed E-state index contributed by atoms with van der Waals surface area (Å²) in [7, 11) is 0. The van der Waals surface area contributed by atoms with Crippen LogP contribution in [0.3, 0.4) is 0 Å². The van der Waals surface area contributed by atoms with Crippen molar-refractivity contribution in [2.45, 2.75) is 25.8 Å². The third-order valence-electron chi connectivity index (χ3n) is 2.58. The van der Waals surface area contributed by atoms with Crippen LogP contribution in [0, 0.1) is 18.6 Å². The zero-order valence-electron chi connectivity index (χ0n) is 10.8. The van der Waals surface area contributed by atoms with E-state index in [1.807, 2.05) is 0 Å². The number of ether oxygens (including phenoxy) is 1. The first-order chi connectivity index (χ1) is 8.73. The van der Waals surface area contributed by atoms with Gasteiger partial charge in [-0.25, -0.2) is 13.6 Å². The maximum atomic E-state index is 13.6. The van der Waals surface area contributed by atoms with Crippen LogP contribution in [0.25, 0.3) is 0 Å². The van der Waals surface area contributed by atoms with Crippen molar-refractivity contribution in [3.63, 3.8) is 0 Å². The van der Waals surface area contributed by atoms with Crippen LogP contribution in [-0.4, -0.2) is 18.5 Å². The van der Waals surface area contributed by atoms with Gasteiger partial charge in [0, 0.05) is 5.56 Å². The molecule has 0 amide bonds. The normalized spacial score (nSPS) is 12.6. The van der Waals surface area contributed by atoms with Gasteiger partial charge >= 0.3 is 11.9 Å².